The van der Waals surface area contributed by atoms with Crippen LogP contribution in [-0.4, -0.2) is 50.2 Å². The van der Waals surface area contributed by atoms with Crippen LogP contribution in [0.3, 0.4) is 0 Å². The van der Waals surface area contributed by atoms with Crippen LogP contribution in [0.15, 0.2) is 0 Å². The highest BCUT2D eigenvalue weighted by Crippen LogP contribution is 2.42. The second-order valence-corrected chi connectivity index (χ2v) is 8.43. The standard InChI is InChI=1S/C20H34O5/c1-15-16(24-19(21-2)9-5-3-6-10-19)13-22-18(15)17-14-23-20(25-17)11-7-4-8-12-20/h15-18H,3-14H2,1-2H3/t15-,16+,17?,18+/m1/s1. The molecule has 4 atom stereocenters. The Morgan fingerprint density at radius 1 is 0.880 bits per heavy atom. The molecule has 4 aliphatic rings. The van der Waals surface area contributed by atoms with Gasteiger partial charge in [0.2, 0.25) is 0 Å². The Balaban J connectivity index is 1.36. The van der Waals surface area contributed by atoms with Gasteiger partial charge in [0.15, 0.2) is 11.6 Å². The number of rotatable bonds is 4. The first-order valence-electron chi connectivity index (χ1n) is 10.3. The summed E-state index contributed by atoms with van der Waals surface area (Å²) in [6.07, 6.45) is 11.5. The van der Waals surface area contributed by atoms with Gasteiger partial charge in [0.1, 0.15) is 6.10 Å². The lowest BCUT2D eigenvalue weighted by Crippen LogP contribution is -2.44. The lowest BCUT2D eigenvalue weighted by Gasteiger charge is -2.38. The third-order valence-electron chi connectivity index (χ3n) is 6.77. The summed E-state index contributed by atoms with van der Waals surface area (Å²) in [5.74, 6) is -0.448. The molecule has 2 aliphatic heterocycles. The largest absolute Gasteiger partial charge is 0.372 e. The normalized spacial score (nSPS) is 40.6. The Labute approximate surface area is 151 Å². The molecule has 4 fully saturated rings. The molecule has 0 aromatic heterocycles. The number of methoxy groups -OCH3 is 1. The summed E-state index contributed by atoms with van der Waals surface area (Å²) in [4.78, 5) is 0. The van der Waals surface area contributed by atoms with Gasteiger partial charge in [-0.15, -0.1) is 0 Å². The van der Waals surface area contributed by atoms with Crippen molar-refractivity contribution < 1.29 is 23.7 Å². The summed E-state index contributed by atoms with van der Waals surface area (Å²) < 4.78 is 30.9. The number of hydrogen-bond acceptors (Lipinski definition) is 5. The molecule has 0 amide bonds. The maximum Gasteiger partial charge on any atom is 0.169 e. The zero-order valence-corrected chi connectivity index (χ0v) is 15.8. The lowest BCUT2D eigenvalue weighted by atomic mass is 9.92. The van der Waals surface area contributed by atoms with Gasteiger partial charge in [0, 0.05) is 38.7 Å². The van der Waals surface area contributed by atoms with Crippen LogP contribution in [0.25, 0.3) is 0 Å². The summed E-state index contributed by atoms with van der Waals surface area (Å²) in [7, 11) is 1.78. The third-order valence-corrected chi connectivity index (χ3v) is 6.77. The fourth-order valence-corrected chi connectivity index (χ4v) is 5.14. The Morgan fingerprint density at radius 2 is 1.56 bits per heavy atom. The Morgan fingerprint density at radius 3 is 2.24 bits per heavy atom. The van der Waals surface area contributed by atoms with Crippen LogP contribution >= 0.6 is 0 Å². The molecule has 0 bridgehead atoms. The predicted octanol–water partition coefficient (Wildman–Crippen LogP) is 3.79. The van der Waals surface area contributed by atoms with Crippen molar-refractivity contribution >= 4 is 0 Å². The van der Waals surface area contributed by atoms with E-state index in [0.717, 1.165) is 25.7 Å². The quantitative estimate of drug-likeness (QED) is 0.719. The second-order valence-electron chi connectivity index (χ2n) is 8.43. The fourth-order valence-electron chi connectivity index (χ4n) is 5.14. The van der Waals surface area contributed by atoms with Crippen LogP contribution in [0.1, 0.15) is 71.1 Å². The molecule has 0 N–H and O–H groups in total. The minimum Gasteiger partial charge on any atom is -0.372 e. The summed E-state index contributed by atoms with van der Waals surface area (Å²) >= 11 is 0. The molecule has 0 aromatic carbocycles. The van der Waals surface area contributed by atoms with Gasteiger partial charge < -0.3 is 23.7 Å². The van der Waals surface area contributed by atoms with Crippen molar-refractivity contribution in [1.82, 2.24) is 0 Å². The minimum absolute atomic E-state index is 0.0338. The van der Waals surface area contributed by atoms with Gasteiger partial charge >= 0.3 is 0 Å². The maximum absolute atomic E-state index is 6.48. The van der Waals surface area contributed by atoms with Crippen LogP contribution in [-0.2, 0) is 23.7 Å². The molecule has 2 saturated carbocycles. The topological polar surface area (TPSA) is 46.2 Å². The van der Waals surface area contributed by atoms with Crippen molar-refractivity contribution in [2.24, 2.45) is 5.92 Å². The summed E-state index contributed by atoms with van der Waals surface area (Å²) in [5, 5.41) is 0. The van der Waals surface area contributed by atoms with Crippen LogP contribution in [0.2, 0.25) is 0 Å². The average molecular weight is 354 g/mol. The number of hydrogen-bond donors (Lipinski definition) is 0. The van der Waals surface area contributed by atoms with Crippen molar-refractivity contribution in [3.8, 4) is 0 Å². The molecule has 25 heavy (non-hydrogen) atoms. The molecule has 0 radical (unpaired) electrons. The zero-order valence-electron chi connectivity index (χ0n) is 15.8. The van der Waals surface area contributed by atoms with Gasteiger partial charge in [-0.1, -0.05) is 19.8 Å². The van der Waals surface area contributed by atoms with Crippen LogP contribution in [0.4, 0.5) is 0 Å². The van der Waals surface area contributed by atoms with E-state index >= 15 is 0 Å². The van der Waals surface area contributed by atoms with Crippen LogP contribution < -0.4 is 0 Å². The van der Waals surface area contributed by atoms with E-state index in [-0.39, 0.29) is 24.1 Å². The van der Waals surface area contributed by atoms with Crippen molar-refractivity contribution in [1.29, 1.82) is 0 Å². The molecular formula is C20H34O5. The van der Waals surface area contributed by atoms with Gasteiger partial charge in [-0.05, 0) is 25.7 Å². The monoisotopic (exact) mass is 354 g/mol. The van der Waals surface area contributed by atoms with Crippen molar-refractivity contribution in [3.63, 3.8) is 0 Å². The van der Waals surface area contributed by atoms with Gasteiger partial charge in [0.05, 0.1) is 25.4 Å². The van der Waals surface area contributed by atoms with E-state index in [0.29, 0.717) is 19.1 Å². The molecule has 2 heterocycles. The summed E-state index contributed by atoms with van der Waals surface area (Å²) in [6, 6.07) is 0. The van der Waals surface area contributed by atoms with Crippen LogP contribution in [0, 0.1) is 5.92 Å². The van der Waals surface area contributed by atoms with E-state index in [2.05, 4.69) is 6.92 Å². The van der Waals surface area contributed by atoms with Gasteiger partial charge in [-0.25, -0.2) is 0 Å². The Kier molecular flexibility index (Phi) is 5.40. The summed E-state index contributed by atoms with van der Waals surface area (Å²) in [6.45, 7) is 3.50. The smallest absolute Gasteiger partial charge is 0.169 e. The molecule has 144 valence electrons. The molecule has 4 rings (SSSR count). The first-order chi connectivity index (χ1) is 12.2. The zero-order chi connectivity index (χ0) is 17.3. The van der Waals surface area contributed by atoms with E-state index in [1.165, 1.54) is 38.5 Å². The fraction of sp³-hybridized carbons (Fsp3) is 1.00. The predicted molar refractivity (Wildman–Crippen MR) is 93.2 cm³/mol. The number of ether oxygens (including phenoxy) is 5. The summed E-state index contributed by atoms with van der Waals surface area (Å²) in [5.41, 5.74) is 0. The van der Waals surface area contributed by atoms with Crippen LogP contribution in [0.5, 0.6) is 0 Å². The first-order valence-corrected chi connectivity index (χ1v) is 10.3. The molecule has 1 spiro atoms. The highest BCUT2D eigenvalue weighted by atomic mass is 16.8. The molecule has 5 nitrogen and oxygen atoms in total. The molecular weight excluding hydrogens is 320 g/mol. The molecule has 0 aromatic rings. The molecule has 2 aliphatic carbocycles. The van der Waals surface area contributed by atoms with Gasteiger partial charge in [0.25, 0.3) is 0 Å². The Hall–Kier alpha value is -0.200. The maximum atomic E-state index is 6.48. The minimum atomic E-state index is -0.410. The first kappa shape index (κ1) is 18.2. The van der Waals surface area contributed by atoms with E-state index in [1.807, 2.05) is 0 Å². The highest BCUT2D eigenvalue weighted by Gasteiger charge is 2.50. The van der Waals surface area contributed by atoms with E-state index < -0.39 is 5.79 Å². The SMILES string of the molecule is COC1(O[C@H]2CO[C@H](C3COC4(CCCCC4)O3)[C@@H]2C)CCCCC1. The van der Waals surface area contributed by atoms with Crippen molar-refractivity contribution in [2.45, 2.75) is 101 Å². The Bertz CT molecular complexity index is 441. The lowest BCUT2D eigenvalue weighted by molar-refractivity contribution is -0.264. The third kappa shape index (κ3) is 3.63. The van der Waals surface area contributed by atoms with Crippen molar-refractivity contribution in [3.05, 3.63) is 0 Å². The van der Waals surface area contributed by atoms with E-state index in [9.17, 15) is 0 Å². The van der Waals surface area contributed by atoms with Gasteiger partial charge in [-0.2, -0.15) is 0 Å². The highest BCUT2D eigenvalue weighted by molar-refractivity contribution is 4.93. The van der Waals surface area contributed by atoms with Gasteiger partial charge in [-0.3, -0.25) is 0 Å². The molecule has 5 heteroatoms. The van der Waals surface area contributed by atoms with E-state index in [4.69, 9.17) is 23.7 Å². The second kappa shape index (κ2) is 7.43. The van der Waals surface area contributed by atoms with Crippen molar-refractivity contribution in [2.75, 3.05) is 20.3 Å². The molecule has 1 unspecified atom stereocenters. The van der Waals surface area contributed by atoms with E-state index in [1.54, 1.807) is 7.11 Å². The molecule has 2 saturated heterocycles. The average Bonchev–Trinajstić information content (AvgIpc) is 3.21.